The summed E-state index contributed by atoms with van der Waals surface area (Å²) in [6, 6.07) is 1.21. The van der Waals surface area contributed by atoms with Crippen LogP contribution in [0.3, 0.4) is 0 Å². The number of nitrogens with one attached hydrogen (secondary N) is 1. The minimum atomic E-state index is 0.418. The predicted octanol–water partition coefficient (Wildman–Crippen LogP) is 1.21. The second kappa shape index (κ2) is 4.14. The molecule has 2 aliphatic rings. The Bertz CT molecular complexity index is 366. The smallest absolute Gasteiger partial charge is 0.231 e. The molecule has 2 fully saturated rings. The molecule has 0 aliphatic carbocycles. The standard InChI is InChI=1S/C11H17N3O2/c1-2-15-6-10-13-11(16-14-10)8-5-7-3-4-9(8)12-7/h7-9,12H,2-6H2,1H3. The topological polar surface area (TPSA) is 60.2 Å². The van der Waals surface area contributed by atoms with Gasteiger partial charge in [-0.05, 0) is 26.2 Å². The molecule has 1 aromatic rings. The first-order chi connectivity index (χ1) is 7.86. The molecule has 3 rings (SSSR count). The van der Waals surface area contributed by atoms with Crippen molar-refractivity contribution in [1.29, 1.82) is 0 Å². The lowest BCUT2D eigenvalue weighted by Crippen LogP contribution is -2.21. The first-order valence-electron chi connectivity index (χ1n) is 6.03. The summed E-state index contributed by atoms with van der Waals surface area (Å²) < 4.78 is 10.6. The van der Waals surface area contributed by atoms with Gasteiger partial charge in [0, 0.05) is 18.7 Å². The minimum Gasteiger partial charge on any atom is -0.374 e. The molecule has 2 saturated heterocycles. The summed E-state index contributed by atoms with van der Waals surface area (Å²) in [5.74, 6) is 1.87. The zero-order valence-corrected chi connectivity index (χ0v) is 9.48. The monoisotopic (exact) mass is 223 g/mol. The van der Waals surface area contributed by atoms with Gasteiger partial charge in [0.25, 0.3) is 0 Å². The quantitative estimate of drug-likeness (QED) is 0.831. The molecule has 1 N–H and O–H groups in total. The third kappa shape index (κ3) is 1.74. The third-order valence-electron chi connectivity index (χ3n) is 3.54. The molecule has 88 valence electrons. The minimum absolute atomic E-state index is 0.418. The molecule has 2 bridgehead atoms. The van der Waals surface area contributed by atoms with E-state index >= 15 is 0 Å². The van der Waals surface area contributed by atoms with Gasteiger partial charge in [0.05, 0.1) is 5.92 Å². The van der Waals surface area contributed by atoms with Crippen LogP contribution in [0.15, 0.2) is 4.52 Å². The van der Waals surface area contributed by atoms with Crippen molar-refractivity contribution in [3.63, 3.8) is 0 Å². The summed E-state index contributed by atoms with van der Waals surface area (Å²) in [5.41, 5.74) is 0. The van der Waals surface area contributed by atoms with Crippen molar-refractivity contribution < 1.29 is 9.26 Å². The molecule has 0 saturated carbocycles. The Morgan fingerprint density at radius 1 is 1.50 bits per heavy atom. The Labute approximate surface area is 94.6 Å². The lowest BCUT2D eigenvalue weighted by molar-refractivity contribution is 0.126. The molecule has 0 radical (unpaired) electrons. The fraction of sp³-hybridized carbons (Fsp3) is 0.818. The molecule has 16 heavy (non-hydrogen) atoms. The Morgan fingerprint density at radius 3 is 3.12 bits per heavy atom. The second-order valence-corrected chi connectivity index (χ2v) is 4.58. The molecule has 5 heteroatoms. The van der Waals surface area contributed by atoms with E-state index < -0.39 is 0 Å². The molecule has 0 amide bonds. The Morgan fingerprint density at radius 2 is 2.44 bits per heavy atom. The van der Waals surface area contributed by atoms with E-state index in [0.29, 0.717) is 37.0 Å². The van der Waals surface area contributed by atoms with Crippen LogP contribution in [0.1, 0.15) is 43.8 Å². The maximum Gasteiger partial charge on any atom is 0.231 e. The number of hydrogen-bond acceptors (Lipinski definition) is 5. The van der Waals surface area contributed by atoms with Crippen molar-refractivity contribution in [2.75, 3.05) is 6.61 Å². The average Bonchev–Trinajstić information content (AvgIpc) is 3.01. The lowest BCUT2D eigenvalue weighted by atomic mass is 9.89. The zero-order chi connectivity index (χ0) is 11.0. The van der Waals surface area contributed by atoms with Crippen molar-refractivity contribution in [1.82, 2.24) is 15.5 Å². The number of nitrogens with zero attached hydrogens (tertiary/aromatic N) is 2. The zero-order valence-electron chi connectivity index (χ0n) is 9.48. The summed E-state index contributed by atoms with van der Waals surface area (Å²) in [6.45, 7) is 3.09. The highest BCUT2D eigenvalue weighted by Gasteiger charge is 2.42. The Hall–Kier alpha value is -0.940. The molecule has 2 aliphatic heterocycles. The number of aromatic nitrogens is 2. The number of rotatable bonds is 4. The third-order valence-corrected chi connectivity index (χ3v) is 3.54. The van der Waals surface area contributed by atoms with Crippen LogP contribution in [0, 0.1) is 0 Å². The first kappa shape index (κ1) is 10.2. The molecule has 5 nitrogen and oxygen atoms in total. The van der Waals surface area contributed by atoms with Gasteiger partial charge in [0.1, 0.15) is 6.61 Å². The van der Waals surface area contributed by atoms with Crippen molar-refractivity contribution in [2.45, 2.75) is 50.8 Å². The molecule has 3 unspecified atom stereocenters. The highest BCUT2D eigenvalue weighted by atomic mass is 16.5. The van der Waals surface area contributed by atoms with E-state index in [2.05, 4.69) is 15.5 Å². The maximum absolute atomic E-state index is 5.32. The second-order valence-electron chi connectivity index (χ2n) is 4.58. The Kier molecular flexibility index (Phi) is 2.65. The molecule has 3 atom stereocenters. The number of ether oxygens (including phenoxy) is 1. The van der Waals surface area contributed by atoms with Crippen LogP contribution in [-0.4, -0.2) is 28.8 Å². The highest BCUT2D eigenvalue weighted by molar-refractivity contribution is 5.09. The SMILES string of the molecule is CCOCc1noc(C2CC3CCC2N3)n1. The van der Waals surface area contributed by atoms with Gasteiger partial charge in [-0.2, -0.15) is 4.98 Å². The fourth-order valence-corrected chi connectivity index (χ4v) is 2.77. The largest absolute Gasteiger partial charge is 0.374 e. The molecule has 1 aromatic heterocycles. The molecular weight excluding hydrogens is 206 g/mol. The van der Waals surface area contributed by atoms with Gasteiger partial charge in [-0.3, -0.25) is 0 Å². The predicted molar refractivity (Wildman–Crippen MR) is 56.9 cm³/mol. The van der Waals surface area contributed by atoms with Crippen LogP contribution in [0.5, 0.6) is 0 Å². The molecule has 0 spiro atoms. The van der Waals surface area contributed by atoms with Crippen LogP contribution in [-0.2, 0) is 11.3 Å². The lowest BCUT2D eigenvalue weighted by Gasteiger charge is -2.15. The van der Waals surface area contributed by atoms with E-state index in [1.165, 1.54) is 12.8 Å². The first-order valence-corrected chi connectivity index (χ1v) is 6.03. The summed E-state index contributed by atoms with van der Waals surface area (Å²) in [7, 11) is 0. The van der Waals surface area contributed by atoms with E-state index in [1.807, 2.05) is 6.92 Å². The van der Waals surface area contributed by atoms with E-state index in [0.717, 1.165) is 12.3 Å². The normalized spacial score (nSPS) is 32.4. The van der Waals surface area contributed by atoms with Gasteiger partial charge >= 0.3 is 0 Å². The van der Waals surface area contributed by atoms with Gasteiger partial charge in [0.2, 0.25) is 5.89 Å². The maximum atomic E-state index is 5.32. The summed E-state index contributed by atoms with van der Waals surface area (Å²) in [5, 5.41) is 7.51. The molecular formula is C11H17N3O2. The number of hydrogen-bond donors (Lipinski definition) is 1. The Balaban J connectivity index is 1.68. The molecule has 3 heterocycles. The van der Waals surface area contributed by atoms with Crippen LogP contribution in [0.25, 0.3) is 0 Å². The van der Waals surface area contributed by atoms with Gasteiger partial charge in [0.15, 0.2) is 5.82 Å². The van der Waals surface area contributed by atoms with E-state index in [9.17, 15) is 0 Å². The average molecular weight is 223 g/mol. The van der Waals surface area contributed by atoms with Crippen molar-refractivity contribution in [3.8, 4) is 0 Å². The van der Waals surface area contributed by atoms with Gasteiger partial charge in [-0.1, -0.05) is 5.16 Å². The van der Waals surface area contributed by atoms with Gasteiger partial charge in [-0.15, -0.1) is 0 Å². The van der Waals surface area contributed by atoms with E-state index in [4.69, 9.17) is 9.26 Å². The van der Waals surface area contributed by atoms with Crippen LogP contribution < -0.4 is 5.32 Å². The summed E-state index contributed by atoms with van der Waals surface area (Å²) in [6.07, 6.45) is 3.67. The van der Waals surface area contributed by atoms with Crippen molar-refractivity contribution >= 4 is 0 Å². The van der Waals surface area contributed by atoms with Crippen molar-refractivity contribution in [2.24, 2.45) is 0 Å². The molecule has 0 aromatic carbocycles. The number of fused-ring (bicyclic) bond motifs is 2. The van der Waals surface area contributed by atoms with Crippen LogP contribution >= 0.6 is 0 Å². The summed E-state index contributed by atoms with van der Waals surface area (Å²) in [4.78, 5) is 4.41. The van der Waals surface area contributed by atoms with E-state index in [1.54, 1.807) is 0 Å². The van der Waals surface area contributed by atoms with Crippen LogP contribution in [0.2, 0.25) is 0 Å². The summed E-state index contributed by atoms with van der Waals surface area (Å²) >= 11 is 0. The van der Waals surface area contributed by atoms with E-state index in [-0.39, 0.29) is 0 Å². The van der Waals surface area contributed by atoms with Crippen LogP contribution in [0.4, 0.5) is 0 Å². The highest BCUT2D eigenvalue weighted by Crippen LogP contribution is 2.39. The van der Waals surface area contributed by atoms with Gasteiger partial charge < -0.3 is 14.6 Å². The van der Waals surface area contributed by atoms with Crippen molar-refractivity contribution in [3.05, 3.63) is 11.7 Å². The van der Waals surface area contributed by atoms with Gasteiger partial charge in [-0.25, -0.2) is 0 Å². The fourth-order valence-electron chi connectivity index (χ4n) is 2.77.